The summed E-state index contributed by atoms with van der Waals surface area (Å²) in [5.74, 6) is -1.06. The van der Waals surface area contributed by atoms with Crippen LogP contribution in [0.3, 0.4) is 0 Å². The van der Waals surface area contributed by atoms with Gasteiger partial charge in [0.15, 0.2) is 0 Å². The van der Waals surface area contributed by atoms with E-state index in [0.717, 1.165) is 29.8 Å². The third-order valence-electron chi connectivity index (χ3n) is 4.12. The number of nitrogens with one attached hydrogen (secondary N) is 2. The Morgan fingerprint density at radius 3 is 2.24 bits per heavy atom. The maximum atomic E-state index is 12.6. The number of rotatable bonds is 4. The molecule has 2 aromatic carbocycles. The standard InChI is InChI=1S/C21H16F3N3O2/c1-13-4-2-3-5-17(13)27-20(29)18-12-14(10-11-25-18)19(28)26-16-8-6-15(7-9-16)21(22,23)24/h2-12H,1H3,(H,26,28)(H,27,29). The second-order valence-electron chi connectivity index (χ2n) is 6.23. The Morgan fingerprint density at radius 2 is 1.59 bits per heavy atom. The predicted octanol–water partition coefficient (Wildman–Crippen LogP) is 4.91. The van der Waals surface area contributed by atoms with Crippen LogP contribution in [0, 0.1) is 6.92 Å². The fourth-order valence-corrected chi connectivity index (χ4v) is 2.54. The number of carbonyl (C=O) groups excluding carboxylic acids is 2. The van der Waals surface area contributed by atoms with Crippen LogP contribution in [-0.2, 0) is 6.18 Å². The Bertz CT molecular complexity index is 1050. The lowest BCUT2D eigenvalue weighted by Gasteiger charge is -2.10. The summed E-state index contributed by atoms with van der Waals surface area (Å²) in [7, 11) is 0. The van der Waals surface area contributed by atoms with Crippen LogP contribution >= 0.6 is 0 Å². The minimum Gasteiger partial charge on any atom is -0.322 e. The second kappa shape index (κ2) is 8.14. The van der Waals surface area contributed by atoms with Gasteiger partial charge in [0.05, 0.1) is 5.56 Å². The van der Waals surface area contributed by atoms with Crippen molar-refractivity contribution in [3.8, 4) is 0 Å². The molecule has 0 fully saturated rings. The average Bonchev–Trinajstić information content (AvgIpc) is 2.69. The fourth-order valence-electron chi connectivity index (χ4n) is 2.54. The molecule has 0 aliphatic carbocycles. The van der Waals surface area contributed by atoms with E-state index in [2.05, 4.69) is 15.6 Å². The van der Waals surface area contributed by atoms with E-state index in [0.29, 0.717) is 5.69 Å². The first-order chi connectivity index (χ1) is 13.7. The lowest BCUT2D eigenvalue weighted by molar-refractivity contribution is -0.137. The lowest BCUT2D eigenvalue weighted by Crippen LogP contribution is -2.17. The van der Waals surface area contributed by atoms with E-state index in [-0.39, 0.29) is 16.9 Å². The van der Waals surface area contributed by atoms with Gasteiger partial charge in [0.2, 0.25) is 0 Å². The Balaban J connectivity index is 1.72. The molecule has 29 heavy (non-hydrogen) atoms. The van der Waals surface area contributed by atoms with E-state index in [1.54, 1.807) is 12.1 Å². The number of para-hydroxylation sites is 1. The highest BCUT2D eigenvalue weighted by molar-refractivity contribution is 6.08. The van der Waals surface area contributed by atoms with Gasteiger partial charge in [-0.2, -0.15) is 13.2 Å². The lowest BCUT2D eigenvalue weighted by atomic mass is 10.1. The van der Waals surface area contributed by atoms with Crippen LogP contribution in [0.2, 0.25) is 0 Å². The van der Waals surface area contributed by atoms with Gasteiger partial charge in [-0.3, -0.25) is 14.6 Å². The van der Waals surface area contributed by atoms with Crippen LogP contribution in [0.15, 0.2) is 66.9 Å². The number of anilines is 2. The first-order valence-electron chi connectivity index (χ1n) is 8.56. The molecule has 0 saturated heterocycles. The van der Waals surface area contributed by atoms with E-state index in [4.69, 9.17) is 0 Å². The molecule has 0 atom stereocenters. The molecular formula is C21H16F3N3O2. The van der Waals surface area contributed by atoms with Crippen LogP contribution in [0.4, 0.5) is 24.5 Å². The topological polar surface area (TPSA) is 71.1 Å². The smallest absolute Gasteiger partial charge is 0.322 e. The van der Waals surface area contributed by atoms with Crippen LogP contribution < -0.4 is 10.6 Å². The van der Waals surface area contributed by atoms with Gasteiger partial charge in [-0.1, -0.05) is 18.2 Å². The van der Waals surface area contributed by atoms with Gasteiger partial charge in [-0.15, -0.1) is 0 Å². The van der Waals surface area contributed by atoms with Gasteiger partial charge in [-0.05, 0) is 55.0 Å². The Labute approximate surface area is 164 Å². The number of carbonyl (C=O) groups is 2. The summed E-state index contributed by atoms with van der Waals surface area (Å²) in [4.78, 5) is 28.8. The van der Waals surface area contributed by atoms with Gasteiger partial charge in [0, 0.05) is 23.1 Å². The molecule has 0 unspecified atom stereocenters. The van der Waals surface area contributed by atoms with E-state index in [1.807, 2.05) is 19.1 Å². The van der Waals surface area contributed by atoms with Crippen LogP contribution in [0.5, 0.6) is 0 Å². The van der Waals surface area contributed by atoms with E-state index < -0.39 is 23.6 Å². The highest BCUT2D eigenvalue weighted by Crippen LogP contribution is 2.29. The number of halogens is 3. The maximum Gasteiger partial charge on any atom is 0.416 e. The first kappa shape index (κ1) is 20.1. The van der Waals surface area contributed by atoms with E-state index in [9.17, 15) is 22.8 Å². The molecule has 3 rings (SSSR count). The van der Waals surface area contributed by atoms with Gasteiger partial charge < -0.3 is 10.6 Å². The largest absolute Gasteiger partial charge is 0.416 e. The zero-order valence-corrected chi connectivity index (χ0v) is 15.2. The molecular weight excluding hydrogens is 383 g/mol. The Morgan fingerprint density at radius 1 is 0.897 bits per heavy atom. The van der Waals surface area contributed by atoms with E-state index >= 15 is 0 Å². The summed E-state index contributed by atoms with van der Waals surface area (Å²) >= 11 is 0. The maximum absolute atomic E-state index is 12.6. The fraction of sp³-hybridized carbons (Fsp3) is 0.0952. The van der Waals surface area contributed by atoms with Crippen molar-refractivity contribution in [3.05, 3.63) is 89.2 Å². The molecule has 1 heterocycles. The predicted molar refractivity (Wildman–Crippen MR) is 103 cm³/mol. The third kappa shape index (κ3) is 4.98. The zero-order valence-electron chi connectivity index (χ0n) is 15.2. The Hall–Kier alpha value is -3.68. The first-order valence-corrected chi connectivity index (χ1v) is 8.56. The van der Waals surface area contributed by atoms with Gasteiger partial charge in [-0.25, -0.2) is 0 Å². The quantitative estimate of drug-likeness (QED) is 0.655. The van der Waals surface area contributed by atoms with Gasteiger partial charge in [0.25, 0.3) is 11.8 Å². The summed E-state index contributed by atoms with van der Waals surface area (Å²) in [6.45, 7) is 1.84. The van der Waals surface area contributed by atoms with Crippen molar-refractivity contribution in [2.45, 2.75) is 13.1 Å². The number of nitrogens with zero attached hydrogens (tertiary/aromatic N) is 1. The number of aromatic nitrogens is 1. The summed E-state index contributed by atoms with van der Waals surface area (Å²) in [5.41, 5.74) is 1.07. The van der Waals surface area contributed by atoms with Crippen molar-refractivity contribution in [2.24, 2.45) is 0 Å². The average molecular weight is 399 g/mol. The molecule has 1 aromatic heterocycles. The number of benzene rings is 2. The number of hydrogen-bond donors (Lipinski definition) is 2. The van der Waals surface area contributed by atoms with Crippen molar-refractivity contribution >= 4 is 23.2 Å². The molecule has 0 radical (unpaired) electrons. The van der Waals surface area contributed by atoms with Crippen LogP contribution in [-0.4, -0.2) is 16.8 Å². The minimum atomic E-state index is -4.45. The summed E-state index contributed by atoms with van der Waals surface area (Å²) < 4.78 is 37.8. The van der Waals surface area contributed by atoms with Gasteiger partial charge in [0.1, 0.15) is 5.69 Å². The molecule has 0 aliphatic rings. The molecule has 5 nitrogen and oxygen atoms in total. The van der Waals surface area contributed by atoms with E-state index in [1.165, 1.54) is 18.3 Å². The molecule has 0 spiro atoms. The number of alkyl halides is 3. The zero-order chi connectivity index (χ0) is 21.0. The summed E-state index contributed by atoms with van der Waals surface area (Å²) in [6.07, 6.45) is -3.14. The minimum absolute atomic E-state index is 0.0355. The second-order valence-corrected chi connectivity index (χ2v) is 6.23. The summed E-state index contributed by atoms with van der Waals surface area (Å²) in [5, 5.41) is 5.22. The number of amides is 2. The molecule has 2 amide bonds. The van der Waals surface area contributed by atoms with Crippen molar-refractivity contribution in [2.75, 3.05) is 10.6 Å². The number of aryl methyl sites for hydroxylation is 1. The Kier molecular flexibility index (Phi) is 5.63. The molecule has 148 valence electrons. The van der Waals surface area contributed by atoms with Gasteiger partial charge >= 0.3 is 6.18 Å². The molecule has 0 aliphatic heterocycles. The molecule has 2 N–H and O–H groups in total. The van der Waals surface area contributed by atoms with Crippen molar-refractivity contribution in [3.63, 3.8) is 0 Å². The number of hydrogen-bond acceptors (Lipinski definition) is 3. The van der Waals surface area contributed by atoms with Crippen molar-refractivity contribution < 1.29 is 22.8 Å². The highest BCUT2D eigenvalue weighted by Gasteiger charge is 2.30. The van der Waals surface area contributed by atoms with Crippen LogP contribution in [0.1, 0.15) is 32.0 Å². The molecule has 0 bridgehead atoms. The molecule has 3 aromatic rings. The monoisotopic (exact) mass is 399 g/mol. The number of pyridine rings is 1. The normalized spacial score (nSPS) is 11.0. The molecule has 0 saturated carbocycles. The summed E-state index contributed by atoms with van der Waals surface area (Å²) in [6, 6.07) is 14.0. The SMILES string of the molecule is Cc1ccccc1NC(=O)c1cc(C(=O)Nc2ccc(C(F)(F)F)cc2)ccn1. The highest BCUT2D eigenvalue weighted by atomic mass is 19.4. The van der Waals surface area contributed by atoms with Crippen LogP contribution in [0.25, 0.3) is 0 Å². The van der Waals surface area contributed by atoms with Crippen molar-refractivity contribution in [1.29, 1.82) is 0 Å². The third-order valence-corrected chi connectivity index (χ3v) is 4.12. The van der Waals surface area contributed by atoms with Crippen molar-refractivity contribution in [1.82, 2.24) is 4.98 Å². The molecule has 8 heteroatoms.